The molecule has 1 aromatic carbocycles. The maximum Gasteiger partial charge on any atom is 0.133 e. The molecule has 0 spiro atoms. The van der Waals surface area contributed by atoms with Crippen molar-refractivity contribution in [1.82, 2.24) is 5.32 Å². The van der Waals surface area contributed by atoms with Gasteiger partial charge in [-0.15, -0.1) is 0 Å². The van der Waals surface area contributed by atoms with E-state index in [4.69, 9.17) is 4.74 Å². The summed E-state index contributed by atoms with van der Waals surface area (Å²) in [5.41, 5.74) is 1.30. The molecule has 1 saturated carbocycles. The summed E-state index contributed by atoms with van der Waals surface area (Å²) in [5.74, 6) is 1.76. The first-order chi connectivity index (χ1) is 10.3. The van der Waals surface area contributed by atoms with E-state index in [0.29, 0.717) is 6.04 Å². The van der Waals surface area contributed by atoms with Crippen molar-refractivity contribution in [2.75, 3.05) is 31.6 Å². The first kappa shape index (κ1) is 15.2. The highest BCUT2D eigenvalue weighted by atomic mass is 79.9. The van der Waals surface area contributed by atoms with Gasteiger partial charge in [-0.2, -0.15) is 0 Å². The van der Waals surface area contributed by atoms with Crippen molar-refractivity contribution < 1.29 is 4.74 Å². The number of nitrogens with zero attached hydrogens (tertiary/aromatic N) is 1. The molecule has 1 heterocycles. The molecule has 4 heteroatoms. The third kappa shape index (κ3) is 3.54. The molecule has 1 unspecified atom stereocenters. The van der Waals surface area contributed by atoms with Gasteiger partial charge in [0.2, 0.25) is 0 Å². The van der Waals surface area contributed by atoms with E-state index < -0.39 is 0 Å². The number of ether oxygens (including phenoxy) is 1. The lowest BCUT2D eigenvalue weighted by Crippen LogP contribution is -2.54. The summed E-state index contributed by atoms with van der Waals surface area (Å²) < 4.78 is 6.36. The molecule has 0 amide bonds. The molecule has 1 saturated heterocycles. The Kier molecular flexibility index (Phi) is 5.07. The highest BCUT2D eigenvalue weighted by Crippen LogP contribution is 2.32. The molecule has 21 heavy (non-hydrogen) atoms. The Balaban J connectivity index is 1.69. The Morgan fingerprint density at radius 2 is 2.05 bits per heavy atom. The quantitative estimate of drug-likeness (QED) is 0.894. The molecule has 1 aliphatic heterocycles. The highest BCUT2D eigenvalue weighted by molar-refractivity contribution is 9.10. The van der Waals surface area contributed by atoms with Crippen LogP contribution in [0.4, 0.5) is 5.69 Å². The average molecular weight is 353 g/mol. The van der Waals surface area contributed by atoms with Crippen LogP contribution in [-0.2, 0) is 0 Å². The van der Waals surface area contributed by atoms with Crippen LogP contribution in [0.15, 0.2) is 22.7 Å². The van der Waals surface area contributed by atoms with Gasteiger partial charge < -0.3 is 15.0 Å². The number of rotatable bonds is 3. The van der Waals surface area contributed by atoms with Crippen LogP contribution in [0.5, 0.6) is 5.75 Å². The summed E-state index contributed by atoms with van der Waals surface area (Å²) in [6.45, 7) is 3.30. The van der Waals surface area contributed by atoms with Gasteiger partial charge in [0.15, 0.2) is 0 Å². The van der Waals surface area contributed by atoms with Gasteiger partial charge in [0, 0.05) is 31.4 Å². The van der Waals surface area contributed by atoms with E-state index in [1.54, 1.807) is 7.11 Å². The second-order valence-corrected chi connectivity index (χ2v) is 7.08. The number of piperazine rings is 1. The van der Waals surface area contributed by atoms with Gasteiger partial charge in [-0.05, 0) is 52.9 Å². The van der Waals surface area contributed by atoms with Gasteiger partial charge in [-0.25, -0.2) is 0 Å². The van der Waals surface area contributed by atoms with Gasteiger partial charge >= 0.3 is 0 Å². The van der Waals surface area contributed by atoms with Crippen LogP contribution in [0, 0.1) is 5.92 Å². The molecule has 1 atom stereocenters. The molecule has 2 aliphatic rings. The highest BCUT2D eigenvalue weighted by Gasteiger charge is 2.28. The van der Waals surface area contributed by atoms with E-state index in [0.717, 1.165) is 35.8 Å². The molecule has 0 bridgehead atoms. The third-order valence-corrected chi connectivity index (χ3v) is 5.54. The van der Waals surface area contributed by atoms with Crippen LogP contribution in [-0.4, -0.2) is 32.8 Å². The van der Waals surface area contributed by atoms with E-state index in [9.17, 15) is 0 Å². The molecule has 3 rings (SSSR count). The van der Waals surface area contributed by atoms with Crippen molar-refractivity contribution in [2.24, 2.45) is 5.92 Å². The number of halogens is 1. The summed E-state index contributed by atoms with van der Waals surface area (Å²) >= 11 is 3.60. The van der Waals surface area contributed by atoms with Gasteiger partial charge in [0.05, 0.1) is 11.6 Å². The molecule has 1 aromatic rings. The molecule has 116 valence electrons. The first-order valence-corrected chi connectivity index (χ1v) is 8.89. The molecule has 2 fully saturated rings. The lowest BCUT2D eigenvalue weighted by atomic mass is 9.83. The van der Waals surface area contributed by atoms with Crippen molar-refractivity contribution in [3.05, 3.63) is 22.7 Å². The normalized spacial score (nSPS) is 24.1. The summed E-state index contributed by atoms with van der Waals surface area (Å²) in [7, 11) is 1.71. The smallest absolute Gasteiger partial charge is 0.133 e. The van der Waals surface area contributed by atoms with Crippen molar-refractivity contribution in [2.45, 2.75) is 38.1 Å². The number of benzene rings is 1. The summed E-state index contributed by atoms with van der Waals surface area (Å²) in [4.78, 5) is 2.51. The second-order valence-electron chi connectivity index (χ2n) is 6.22. The Labute approximate surface area is 136 Å². The van der Waals surface area contributed by atoms with Crippen LogP contribution >= 0.6 is 15.9 Å². The minimum absolute atomic E-state index is 0.653. The predicted molar refractivity (Wildman–Crippen MR) is 91.3 cm³/mol. The number of hydrogen-bond donors (Lipinski definition) is 1. The molecular formula is C17H25BrN2O. The fourth-order valence-corrected chi connectivity index (χ4v) is 4.25. The van der Waals surface area contributed by atoms with Crippen molar-refractivity contribution in [1.29, 1.82) is 0 Å². The molecule has 1 aliphatic carbocycles. The minimum Gasteiger partial charge on any atom is -0.496 e. The Morgan fingerprint density at radius 3 is 2.76 bits per heavy atom. The summed E-state index contributed by atoms with van der Waals surface area (Å²) in [6, 6.07) is 7.06. The Hall–Kier alpha value is -0.740. The molecule has 1 N–H and O–H groups in total. The maximum absolute atomic E-state index is 5.33. The van der Waals surface area contributed by atoms with Crippen molar-refractivity contribution in [3.63, 3.8) is 0 Å². The minimum atomic E-state index is 0.653. The lowest BCUT2D eigenvalue weighted by Gasteiger charge is -2.40. The molecule has 0 radical (unpaired) electrons. The van der Waals surface area contributed by atoms with Gasteiger partial charge in [-0.1, -0.05) is 19.3 Å². The number of hydrogen-bond acceptors (Lipinski definition) is 3. The van der Waals surface area contributed by atoms with Crippen molar-refractivity contribution in [3.8, 4) is 5.75 Å². The van der Waals surface area contributed by atoms with Gasteiger partial charge in [0.25, 0.3) is 0 Å². The Bertz CT molecular complexity index is 474. The van der Waals surface area contributed by atoms with E-state index >= 15 is 0 Å². The van der Waals surface area contributed by atoms with E-state index in [-0.39, 0.29) is 0 Å². The largest absolute Gasteiger partial charge is 0.496 e. The predicted octanol–water partition coefficient (Wildman–Crippen LogP) is 3.82. The standard InChI is InChI=1S/C17H25BrN2O/c1-21-17-8-7-14(11-15(17)18)20-10-9-19-16(12-20)13-5-3-2-4-6-13/h7-8,11,13,16,19H,2-6,9-10,12H2,1H3. The molecule has 0 aromatic heterocycles. The second kappa shape index (κ2) is 7.01. The van der Waals surface area contributed by atoms with Crippen LogP contribution in [0.3, 0.4) is 0 Å². The zero-order valence-electron chi connectivity index (χ0n) is 12.8. The number of nitrogens with one attached hydrogen (secondary N) is 1. The van der Waals surface area contributed by atoms with Crippen LogP contribution < -0.4 is 15.0 Å². The fraction of sp³-hybridized carbons (Fsp3) is 0.647. The van der Waals surface area contributed by atoms with E-state index in [1.165, 1.54) is 37.8 Å². The number of methoxy groups -OCH3 is 1. The zero-order valence-corrected chi connectivity index (χ0v) is 14.4. The third-order valence-electron chi connectivity index (χ3n) is 4.92. The monoisotopic (exact) mass is 352 g/mol. The summed E-state index contributed by atoms with van der Waals surface area (Å²) in [5, 5.41) is 3.75. The van der Waals surface area contributed by atoms with E-state index in [2.05, 4.69) is 44.3 Å². The fourth-order valence-electron chi connectivity index (χ4n) is 3.72. The van der Waals surface area contributed by atoms with Crippen molar-refractivity contribution >= 4 is 21.6 Å². The Morgan fingerprint density at radius 1 is 1.24 bits per heavy atom. The molecular weight excluding hydrogens is 328 g/mol. The van der Waals surface area contributed by atoms with Gasteiger partial charge in [0.1, 0.15) is 5.75 Å². The number of anilines is 1. The van der Waals surface area contributed by atoms with Crippen LogP contribution in [0.1, 0.15) is 32.1 Å². The topological polar surface area (TPSA) is 24.5 Å². The first-order valence-electron chi connectivity index (χ1n) is 8.10. The van der Waals surface area contributed by atoms with Crippen LogP contribution in [0.25, 0.3) is 0 Å². The lowest BCUT2D eigenvalue weighted by molar-refractivity contribution is 0.257. The molecule has 3 nitrogen and oxygen atoms in total. The SMILES string of the molecule is COc1ccc(N2CCNC(C3CCCCC3)C2)cc1Br. The maximum atomic E-state index is 5.33. The van der Waals surface area contributed by atoms with Crippen LogP contribution in [0.2, 0.25) is 0 Å². The summed E-state index contributed by atoms with van der Waals surface area (Å²) in [6.07, 6.45) is 7.06. The van der Waals surface area contributed by atoms with Gasteiger partial charge in [-0.3, -0.25) is 0 Å². The average Bonchev–Trinajstić information content (AvgIpc) is 2.56. The van der Waals surface area contributed by atoms with E-state index in [1.807, 2.05) is 0 Å². The zero-order chi connectivity index (χ0) is 14.7.